The molecule has 102 valence electrons. The van der Waals surface area contributed by atoms with Gasteiger partial charge in [-0.1, -0.05) is 0 Å². The molecule has 0 aromatic carbocycles. The van der Waals surface area contributed by atoms with Gasteiger partial charge in [-0.25, -0.2) is 0 Å². The molecule has 1 amide bonds. The van der Waals surface area contributed by atoms with Gasteiger partial charge >= 0.3 is 5.97 Å². The van der Waals surface area contributed by atoms with Crippen LogP contribution in [0.4, 0.5) is 0 Å². The zero-order valence-corrected chi connectivity index (χ0v) is 11.2. The standard InChI is InChI=1S/C14H18N2O3/c1-10-9-11(3-6-15-10)12(17)16-7-4-14(2,5-8-16)13(18)19/h3,6,9H,4-5,7-8H2,1-2H3,(H,18,19). The number of amides is 1. The molecule has 5 heteroatoms. The number of likely N-dealkylation sites (tertiary alicyclic amines) is 1. The van der Waals surface area contributed by atoms with Crippen molar-refractivity contribution >= 4 is 11.9 Å². The third-order valence-electron chi connectivity index (χ3n) is 3.81. The van der Waals surface area contributed by atoms with E-state index in [1.165, 1.54) is 0 Å². The lowest BCUT2D eigenvalue weighted by molar-refractivity contribution is -0.150. The number of piperidine rings is 1. The summed E-state index contributed by atoms with van der Waals surface area (Å²) in [6, 6.07) is 3.45. The van der Waals surface area contributed by atoms with E-state index >= 15 is 0 Å². The SMILES string of the molecule is Cc1cc(C(=O)N2CCC(C)(C(=O)O)CC2)ccn1. The van der Waals surface area contributed by atoms with Crippen LogP contribution in [-0.4, -0.2) is 40.0 Å². The maximum atomic E-state index is 12.3. The Morgan fingerprint density at radius 1 is 1.37 bits per heavy atom. The molecule has 5 nitrogen and oxygen atoms in total. The number of carbonyl (C=O) groups excluding carboxylic acids is 1. The number of carbonyl (C=O) groups is 2. The summed E-state index contributed by atoms with van der Waals surface area (Å²) < 4.78 is 0. The number of aromatic nitrogens is 1. The quantitative estimate of drug-likeness (QED) is 0.881. The highest BCUT2D eigenvalue weighted by molar-refractivity contribution is 5.94. The third-order valence-corrected chi connectivity index (χ3v) is 3.81. The van der Waals surface area contributed by atoms with Crippen molar-refractivity contribution in [3.63, 3.8) is 0 Å². The van der Waals surface area contributed by atoms with Crippen molar-refractivity contribution in [3.8, 4) is 0 Å². The first-order valence-corrected chi connectivity index (χ1v) is 6.38. The number of carboxylic acid groups (broad SMARTS) is 1. The summed E-state index contributed by atoms with van der Waals surface area (Å²) in [6.07, 6.45) is 2.62. The van der Waals surface area contributed by atoms with Crippen LogP contribution in [0.25, 0.3) is 0 Å². The molecule has 2 heterocycles. The van der Waals surface area contributed by atoms with Crippen molar-refractivity contribution < 1.29 is 14.7 Å². The number of pyridine rings is 1. The first-order chi connectivity index (χ1) is 8.92. The Morgan fingerprint density at radius 3 is 2.53 bits per heavy atom. The highest BCUT2D eigenvalue weighted by Crippen LogP contribution is 2.31. The van der Waals surface area contributed by atoms with Gasteiger partial charge in [0.05, 0.1) is 5.41 Å². The molecule has 0 atom stereocenters. The van der Waals surface area contributed by atoms with Crippen molar-refractivity contribution in [3.05, 3.63) is 29.6 Å². The first kappa shape index (κ1) is 13.5. The summed E-state index contributed by atoms with van der Waals surface area (Å²) in [5, 5.41) is 9.16. The average molecular weight is 262 g/mol. The second-order valence-electron chi connectivity index (χ2n) is 5.34. The molecule has 1 saturated heterocycles. The number of rotatable bonds is 2. The molecular weight excluding hydrogens is 244 g/mol. The summed E-state index contributed by atoms with van der Waals surface area (Å²) in [4.78, 5) is 29.2. The van der Waals surface area contributed by atoms with E-state index in [1.807, 2.05) is 6.92 Å². The van der Waals surface area contributed by atoms with Crippen LogP contribution in [0.5, 0.6) is 0 Å². The Hall–Kier alpha value is -1.91. The highest BCUT2D eigenvalue weighted by atomic mass is 16.4. The van der Waals surface area contributed by atoms with Crippen LogP contribution in [0.15, 0.2) is 18.3 Å². The van der Waals surface area contributed by atoms with Gasteiger partial charge in [0.2, 0.25) is 0 Å². The van der Waals surface area contributed by atoms with Crippen molar-refractivity contribution in [2.45, 2.75) is 26.7 Å². The lowest BCUT2D eigenvalue weighted by Gasteiger charge is -2.36. The van der Waals surface area contributed by atoms with E-state index in [0.717, 1.165) is 5.69 Å². The van der Waals surface area contributed by atoms with E-state index in [-0.39, 0.29) is 5.91 Å². The van der Waals surface area contributed by atoms with Crippen molar-refractivity contribution in [2.24, 2.45) is 5.41 Å². The number of hydrogen-bond acceptors (Lipinski definition) is 3. The van der Waals surface area contributed by atoms with Gasteiger partial charge in [-0.3, -0.25) is 14.6 Å². The largest absolute Gasteiger partial charge is 0.481 e. The van der Waals surface area contributed by atoms with Crippen LogP contribution in [-0.2, 0) is 4.79 Å². The average Bonchev–Trinajstić information content (AvgIpc) is 2.38. The summed E-state index contributed by atoms with van der Waals surface area (Å²) in [5.74, 6) is -0.822. The summed E-state index contributed by atoms with van der Waals surface area (Å²) in [5.41, 5.74) is 0.718. The minimum absolute atomic E-state index is 0.0436. The summed E-state index contributed by atoms with van der Waals surface area (Å²) in [6.45, 7) is 4.56. The number of carboxylic acids is 1. The lowest BCUT2D eigenvalue weighted by atomic mass is 9.80. The maximum Gasteiger partial charge on any atom is 0.309 e. The molecule has 1 aromatic rings. The summed E-state index contributed by atoms with van der Waals surface area (Å²) in [7, 11) is 0. The number of aliphatic carboxylic acids is 1. The van der Waals surface area contributed by atoms with Crippen LogP contribution >= 0.6 is 0 Å². The molecule has 1 aromatic heterocycles. The fourth-order valence-corrected chi connectivity index (χ4v) is 2.28. The minimum Gasteiger partial charge on any atom is -0.481 e. The molecule has 0 saturated carbocycles. The molecule has 1 fully saturated rings. The van der Waals surface area contributed by atoms with E-state index in [4.69, 9.17) is 5.11 Å². The minimum atomic E-state index is -0.778. The molecule has 19 heavy (non-hydrogen) atoms. The van der Waals surface area contributed by atoms with Crippen LogP contribution in [0.3, 0.4) is 0 Å². The van der Waals surface area contributed by atoms with E-state index < -0.39 is 11.4 Å². The van der Waals surface area contributed by atoms with Crippen molar-refractivity contribution in [2.75, 3.05) is 13.1 Å². The molecular formula is C14H18N2O3. The number of nitrogens with zero attached hydrogens (tertiary/aromatic N) is 2. The highest BCUT2D eigenvalue weighted by Gasteiger charge is 2.38. The molecule has 1 aliphatic rings. The topological polar surface area (TPSA) is 70.5 Å². The Kier molecular flexibility index (Phi) is 3.55. The molecule has 1 N–H and O–H groups in total. The third kappa shape index (κ3) is 2.75. The molecule has 1 aliphatic heterocycles. The van der Waals surface area contributed by atoms with Gasteiger partial charge in [-0.2, -0.15) is 0 Å². The molecule has 0 radical (unpaired) electrons. The van der Waals surface area contributed by atoms with Gasteiger partial charge in [0.1, 0.15) is 0 Å². The van der Waals surface area contributed by atoms with Gasteiger partial charge in [0.25, 0.3) is 5.91 Å². The maximum absolute atomic E-state index is 12.3. The van der Waals surface area contributed by atoms with E-state index in [9.17, 15) is 9.59 Å². The Balaban J connectivity index is 2.06. The predicted molar refractivity (Wildman–Crippen MR) is 69.9 cm³/mol. The van der Waals surface area contributed by atoms with Gasteiger partial charge < -0.3 is 10.0 Å². The van der Waals surface area contributed by atoms with Crippen molar-refractivity contribution in [1.29, 1.82) is 0 Å². The van der Waals surface area contributed by atoms with Crippen molar-refractivity contribution in [1.82, 2.24) is 9.88 Å². The molecule has 2 rings (SSSR count). The van der Waals surface area contributed by atoms with Gasteiger partial charge in [0.15, 0.2) is 0 Å². The van der Waals surface area contributed by atoms with Gasteiger partial charge in [0, 0.05) is 30.5 Å². The Bertz CT molecular complexity index is 505. The fourth-order valence-electron chi connectivity index (χ4n) is 2.28. The Morgan fingerprint density at radius 2 is 2.00 bits per heavy atom. The zero-order valence-electron chi connectivity index (χ0n) is 11.2. The first-order valence-electron chi connectivity index (χ1n) is 6.38. The van der Waals surface area contributed by atoms with E-state index in [1.54, 1.807) is 30.2 Å². The summed E-state index contributed by atoms with van der Waals surface area (Å²) >= 11 is 0. The Labute approximate surface area is 112 Å². The van der Waals surface area contributed by atoms with Crippen LogP contribution in [0.2, 0.25) is 0 Å². The lowest BCUT2D eigenvalue weighted by Crippen LogP contribution is -2.45. The second-order valence-corrected chi connectivity index (χ2v) is 5.34. The molecule has 0 bridgehead atoms. The van der Waals surface area contributed by atoms with Gasteiger partial charge in [-0.15, -0.1) is 0 Å². The van der Waals surface area contributed by atoms with E-state index in [2.05, 4.69) is 4.98 Å². The normalized spacial score (nSPS) is 18.1. The second kappa shape index (κ2) is 4.99. The van der Waals surface area contributed by atoms with E-state index in [0.29, 0.717) is 31.5 Å². The fraction of sp³-hybridized carbons (Fsp3) is 0.500. The van der Waals surface area contributed by atoms with Crippen LogP contribution < -0.4 is 0 Å². The number of aryl methyl sites for hydroxylation is 1. The van der Waals surface area contributed by atoms with Crippen LogP contribution in [0.1, 0.15) is 35.8 Å². The monoisotopic (exact) mass is 262 g/mol. The zero-order chi connectivity index (χ0) is 14.0. The molecule has 0 spiro atoms. The smallest absolute Gasteiger partial charge is 0.309 e. The predicted octanol–water partition coefficient (Wildman–Crippen LogP) is 1.72. The molecule has 0 unspecified atom stereocenters. The molecule has 0 aliphatic carbocycles. The van der Waals surface area contributed by atoms with Gasteiger partial charge in [-0.05, 0) is 38.8 Å². The van der Waals surface area contributed by atoms with Crippen LogP contribution in [0, 0.1) is 12.3 Å². The number of hydrogen-bond donors (Lipinski definition) is 1.